The van der Waals surface area contributed by atoms with Gasteiger partial charge in [-0.25, -0.2) is 0 Å². The van der Waals surface area contributed by atoms with Gasteiger partial charge in [0, 0.05) is 20.3 Å². The van der Waals surface area contributed by atoms with Gasteiger partial charge in [-0.2, -0.15) is 0 Å². The van der Waals surface area contributed by atoms with Gasteiger partial charge in [-0.3, -0.25) is 19.7 Å². The van der Waals surface area contributed by atoms with Crippen LogP contribution in [0.15, 0.2) is 0 Å². The molecule has 0 aromatic carbocycles. The fourth-order valence-electron chi connectivity index (χ4n) is 1.79. The van der Waals surface area contributed by atoms with E-state index in [2.05, 4.69) is 17.5 Å². The molecular formula is C13H22N2O8S. The number of hydrogen-bond donors (Lipinski definition) is 7. The maximum absolute atomic E-state index is 12.2. The van der Waals surface area contributed by atoms with Crippen LogP contribution in [0.3, 0.4) is 0 Å². The molecule has 3 amide bonds. The first-order valence-corrected chi connectivity index (χ1v) is 7.09. The van der Waals surface area contributed by atoms with Crippen molar-refractivity contribution in [2.45, 2.75) is 44.1 Å². The van der Waals surface area contributed by atoms with Crippen molar-refractivity contribution in [2.75, 3.05) is 13.2 Å². The number of hydrogen-bond acceptors (Lipinski definition) is 9. The number of imide groups is 1. The van der Waals surface area contributed by atoms with E-state index in [0.717, 1.165) is 13.8 Å². The molecule has 7 N–H and O–H groups in total. The zero-order chi connectivity index (χ0) is 20.9. The predicted molar refractivity (Wildman–Crippen MR) is 84.8 cm³/mol. The largest absolute Gasteiger partial charge is 0.394 e. The van der Waals surface area contributed by atoms with Crippen LogP contribution in [0, 0.1) is 0 Å². The summed E-state index contributed by atoms with van der Waals surface area (Å²) in [7, 11) is 0. The molecule has 2 unspecified atom stereocenters. The average Bonchev–Trinajstić information content (AvgIpc) is 2.50. The Labute approximate surface area is 146 Å². The van der Waals surface area contributed by atoms with E-state index in [0.29, 0.717) is 0 Å². The molecule has 0 saturated carbocycles. The van der Waals surface area contributed by atoms with Crippen LogP contribution in [-0.4, -0.2) is 85.1 Å². The Kier molecular flexibility index (Phi) is 7.62. The van der Waals surface area contributed by atoms with Gasteiger partial charge in [0.2, 0.25) is 11.8 Å². The highest BCUT2D eigenvalue weighted by atomic mass is 32.1. The lowest BCUT2D eigenvalue weighted by Gasteiger charge is -2.33. The van der Waals surface area contributed by atoms with Gasteiger partial charge in [-0.15, -0.1) is 0 Å². The summed E-state index contributed by atoms with van der Waals surface area (Å²) < 4.78 is 14.5. The summed E-state index contributed by atoms with van der Waals surface area (Å²) in [5.74, 6) is -3.12. The SMILES string of the molecule is [2H]C(O)C([2H])(O)C(=S)[C@@](O)(C[C@@H](O)[C@@H](CO)NC(C)=O)C(=O)NC(C)=O. The van der Waals surface area contributed by atoms with Crippen LogP contribution in [0.1, 0.15) is 23.0 Å². The third-order valence-electron chi connectivity index (χ3n) is 2.95. The van der Waals surface area contributed by atoms with Crippen LogP contribution in [-0.2, 0) is 14.4 Å². The summed E-state index contributed by atoms with van der Waals surface area (Å²) in [6.45, 7) is -1.39. The molecule has 0 heterocycles. The molecule has 138 valence electrons. The van der Waals surface area contributed by atoms with E-state index < -0.39 is 66.0 Å². The molecule has 11 heteroatoms. The van der Waals surface area contributed by atoms with Crippen molar-refractivity contribution in [1.82, 2.24) is 10.6 Å². The first-order chi connectivity index (χ1) is 11.7. The monoisotopic (exact) mass is 368 g/mol. The molecule has 0 aromatic rings. The van der Waals surface area contributed by atoms with Crippen molar-refractivity contribution in [2.24, 2.45) is 0 Å². The standard InChI is InChI=1S/C13H22N2O8S/c1-6(18)14-8(4-16)9(20)3-13(23,11(24)10(21)5-17)12(22)15-7(2)19/h8-10,16-17,20-21,23H,3-5H2,1-2H3,(H,14,18)(H,15,19,22)/t8-,9-,10?,13+/m1/s1/i5D,10D/t5?,8-,9-,10?,13+. The van der Waals surface area contributed by atoms with Gasteiger partial charge in [0.1, 0.15) is 6.08 Å². The Morgan fingerprint density at radius 3 is 2.17 bits per heavy atom. The second-order valence-electron chi connectivity index (χ2n) is 4.98. The van der Waals surface area contributed by atoms with Crippen molar-refractivity contribution in [3.05, 3.63) is 0 Å². The summed E-state index contributed by atoms with van der Waals surface area (Å²) in [6, 6.07) is -1.35. The number of carbonyl (C=O) groups is 3. The number of nitrogens with one attached hydrogen (secondary N) is 2. The molecule has 24 heavy (non-hydrogen) atoms. The summed E-state index contributed by atoms with van der Waals surface area (Å²) in [5, 5.41) is 52.7. The third-order valence-corrected chi connectivity index (χ3v) is 3.50. The second kappa shape index (κ2) is 9.71. The van der Waals surface area contributed by atoms with Crippen molar-refractivity contribution >= 4 is 34.8 Å². The minimum atomic E-state index is -3.30. The first-order valence-electron chi connectivity index (χ1n) is 7.75. The molecule has 0 fully saturated rings. The van der Waals surface area contributed by atoms with Gasteiger partial charge in [-0.1, -0.05) is 12.2 Å². The van der Waals surface area contributed by atoms with Crippen molar-refractivity contribution in [3.63, 3.8) is 0 Å². The molecule has 0 aliphatic heterocycles. The Balaban J connectivity index is 5.87. The quantitative estimate of drug-likeness (QED) is 0.202. The van der Waals surface area contributed by atoms with Crippen LogP contribution < -0.4 is 10.6 Å². The minimum absolute atomic E-state index is 0.652. The van der Waals surface area contributed by atoms with Crippen molar-refractivity contribution < 1.29 is 42.7 Å². The summed E-state index contributed by atoms with van der Waals surface area (Å²) >= 11 is 4.66. The minimum Gasteiger partial charge on any atom is -0.394 e. The number of aliphatic hydroxyl groups is 5. The first kappa shape index (κ1) is 18.8. The fraction of sp³-hybridized carbons (Fsp3) is 0.692. The van der Waals surface area contributed by atoms with Crippen molar-refractivity contribution in [3.8, 4) is 0 Å². The molecule has 0 spiro atoms. The van der Waals surface area contributed by atoms with Crippen LogP contribution in [0.4, 0.5) is 0 Å². The molecule has 0 rings (SSSR count). The number of amides is 3. The maximum atomic E-state index is 12.2. The van der Waals surface area contributed by atoms with Gasteiger partial charge >= 0.3 is 0 Å². The normalized spacial score (nSPS) is 21.0. The molecule has 0 aromatic heterocycles. The molecular weight excluding hydrogens is 344 g/mol. The molecule has 0 aliphatic carbocycles. The topological polar surface area (TPSA) is 176 Å². The van der Waals surface area contributed by atoms with Gasteiger partial charge in [0.25, 0.3) is 5.91 Å². The molecule has 0 saturated heterocycles. The van der Waals surface area contributed by atoms with E-state index in [-0.39, 0.29) is 0 Å². The van der Waals surface area contributed by atoms with Gasteiger partial charge < -0.3 is 30.8 Å². The Morgan fingerprint density at radius 2 is 1.79 bits per heavy atom. The Morgan fingerprint density at radius 1 is 1.25 bits per heavy atom. The van der Waals surface area contributed by atoms with E-state index >= 15 is 0 Å². The third kappa shape index (κ3) is 6.19. The summed E-state index contributed by atoms with van der Waals surface area (Å²) in [4.78, 5) is 33.1. The number of carbonyl (C=O) groups excluding carboxylic acids is 3. The van der Waals surface area contributed by atoms with Gasteiger partial charge in [-0.05, 0) is 0 Å². The smallest absolute Gasteiger partial charge is 0.263 e. The molecule has 0 bridgehead atoms. The number of thiocarbonyl (C=S) groups is 1. The lowest BCUT2D eigenvalue weighted by atomic mass is 9.86. The lowest BCUT2D eigenvalue weighted by molar-refractivity contribution is -0.141. The summed E-state index contributed by atoms with van der Waals surface area (Å²) in [6.07, 6.45) is -6.19. The van der Waals surface area contributed by atoms with E-state index in [1.807, 2.05) is 0 Å². The highest BCUT2D eigenvalue weighted by Gasteiger charge is 2.46. The van der Waals surface area contributed by atoms with E-state index in [4.69, 9.17) is 7.85 Å². The number of rotatable bonds is 9. The molecule has 5 atom stereocenters. The van der Waals surface area contributed by atoms with E-state index in [9.17, 15) is 34.8 Å². The zero-order valence-corrected chi connectivity index (χ0v) is 13.8. The van der Waals surface area contributed by atoms with Crippen LogP contribution in [0.5, 0.6) is 0 Å². The Bertz CT molecular complexity index is 574. The van der Waals surface area contributed by atoms with E-state index in [1.165, 1.54) is 0 Å². The second-order valence-corrected chi connectivity index (χ2v) is 5.38. The zero-order valence-electron chi connectivity index (χ0n) is 15.0. The number of aliphatic hydroxyl groups excluding tert-OH is 3. The van der Waals surface area contributed by atoms with E-state index in [1.54, 1.807) is 5.32 Å². The van der Waals surface area contributed by atoms with Gasteiger partial charge in [0.05, 0.1) is 32.9 Å². The lowest BCUT2D eigenvalue weighted by Crippen LogP contribution is -2.60. The van der Waals surface area contributed by atoms with Crippen LogP contribution in [0.25, 0.3) is 0 Å². The predicted octanol–water partition coefficient (Wildman–Crippen LogP) is -3.65. The van der Waals surface area contributed by atoms with Gasteiger partial charge in [0.15, 0.2) is 5.60 Å². The average molecular weight is 368 g/mol. The van der Waals surface area contributed by atoms with Crippen LogP contribution in [0.2, 0.25) is 0 Å². The Hall–Kier alpha value is -1.50. The fourth-order valence-corrected chi connectivity index (χ4v) is 2.02. The molecule has 0 aliphatic rings. The molecule has 10 nitrogen and oxygen atoms in total. The summed E-state index contributed by atoms with van der Waals surface area (Å²) in [5.41, 5.74) is -3.06. The maximum Gasteiger partial charge on any atom is 0.263 e. The van der Waals surface area contributed by atoms with Crippen LogP contribution >= 0.6 is 12.2 Å². The highest BCUT2D eigenvalue weighted by Crippen LogP contribution is 2.20. The van der Waals surface area contributed by atoms with Crippen molar-refractivity contribution in [1.29, 1.82) is 0 Å². The highest BCUT2D eigenvalue weighted by molar-refractivity contribution is 7.80. The molecule has 0 radical (unpaired) electrons.